The molecule has 2 saturated carbocycles. The van der Waals surface area contributed by atoms with E-state index >= 15 is 0 Å². The molecule has 0 saturated heterocycles. The molecule has 16 heavy (non-hydrogen) atoms. The average Bonchev–Trinajstić information content (AvgIpc) is 2.29. The fraction of sp³-hybridized carbons (Fsp3) is 0.750. The van der Waals surface area contributed by atoms with Crippen LogP contribution in [0.5, 0.6) is 0 Å². The Labute approximate surface area is 99.8 Å². The molecule has 0 N–H and O–H groups in total. The zero-order valence-corrected chi connectivity index (χ0v) is 10.7. The second-order valence-corrected chi connectivity index (χ2v) is 6.67. The third-order valence-electron chi connectivity index (χ3n) is 5.55. The summed E-state index contributed by atoms with van der Waals surface area (Å²) in [6.45, 7) is 5.05. The van der Waals surface area contributed by atoms with Gasteiger partial charge in [0, 0.05) is 0 Å². The topological polar surface area (TPSA) is 0 Å². The highest BCUT2D eigenvalue weighted by atomic mass is 14.5. The lowest BCUT2D eigenvalue weighted by Crippen LogP contribution is -2.46. The van der Waals surface area contributed by atoms with Gasteiger partial charge in [-0.15, -0.1) is 0 Å². The minimum Gasteiger partial charge on any atom is -0.0808 e. The van der Waals surface area contributed by atoms with E-state index in [9.17, 15) is 0 Å². The average molecular weight is 216 g/mol. The molecule has 0 heteroatoms. The SMILES string of the molecule is CC1(C)C2C=CC=CC2CC2CCCCC21. The maximum Gasteiger partial charge on any atom is -0.0113 e. The molecule has 0 aromatic heterocycles. The first-order valence-corrected chi connectivity index (χ1v) is 7.04. The predicted molar refractivity (Wildman–Crippen MR) is 69.1 cm³/mol. The number of rotatable bonds is 0. The molecule has 0 aromatic rings. The maximum absolute atomic E-state index is 2.52. The number of allylic oxidation sites excluding steroid dienone is 4. The van der Waals surface area contributed by atoms with Crippen LogP contribution in [-0.2, 0) is 0 Å². The van der Waals surface area contributed by atoms with Gasteiger partial charge in [-0.2, -0.15) is 0 Å². The molecular formula is C16H24. The summed E-state index contributed by atoms with van der Waals surface area (Å²) in [5, 5.41) is 0. The number of hydrogen-bond donors (Lipinski definition) is 0. The van der Waals surface area contributed by atoms with Crippen LogP contribution in [0.25, 0.3) is 0 Å². The highest BCUT2D eigenvalue weighted by Gasteiger charge is 2.48. The van der Waals surface area contributed by atoms with Crippen LogP contribution in [0, 0.1) is 29.1 Å². The van der Waals surface area contributed by atoms with Crippen molar-refractivity contribution in [2.24, 2.45) is 29.1 Å². The van der Waals surface area contributed by atoms with Crippen LogP contribution in [0.2, 0.25) is 0 Å². The van der Waals surface area contributed by atoms with E-state index in [0.717, 1.165) is 23.7 Å². The van der Waals surface area contributed by atoms with Crippen molar-refractivity contribution >= 4 is 0 Å². The summed E-state index contributed by atoms with van der Waals surface area (Å²) in [6.07, 6.45) is 16.9. The van der Waals surface area contributed by atoms with E-state index in [1.165, 1.54) is 32.1 Å². The van der Waals surface area contributed by atoms with Gasteiger partial charge in [0.15, 0.2) is 0 Å². The summed E-state index contributed by atoms with van der Waals surface area (Å²) in [5.41, 5.74) is 0.523. The Balaban J connectivity index is 1.92. The zero-order valence-electron chi connectivity index (χ0n) is 10.7. The van der Waals surface area contributed by atoms with E-state index in [1.54, 1.807) is 0 Å². The molecule has 0 nitrogen and oxygen atoms in total. The molecule has 2 fully saturated rings. The van der Waals surface area contributed by atoms with Gasteiger partial charge in [-0.1, -0.05) is 57.4 Å². The third kappa shape index (κ3) is 1.49. The van der Waals surface area contributed by atoms with Crippen molar-refractivity contribution in [3.63, 3.8) is 0 Å². The number of fused-ring (bicyclic) bond motifs is 2. The van der Waals surface area contributed by atoms with Crippen LogP contribution in [0.1, 0.15) is 46.0 Å². The lowest BCUT2D eigenvalue weighted by atomic mass is 9.51. The Hall–Kier alpha value is -0.520. The normalized spacial score (nSPS) is 44.9. The van der Waals surface area contributed by atoms with Gasteiger partial charge in [0.1, 0.15) is 0 Å². The third-order valence-corrected chi connectivity index (χ3v) is 5.55. The Morgan fingerprint density at radius 3 is 2.62 bits per heavy atom. The van der Waals surface area contributed by atoms with Crippen LogP contribution >= 0.6 is 0 Å². The van der Waals surface area contributed by atoms with Crippen molar-refractivity contribution in [2.75, 3.05) is 0 Å². The lowest BCUT2D eigenvalue weighted by molar-refractivity contribution is -0.0171. The smallest absolute Gasteiger partial charge is 0.0113 e. The first-order valence-electron chi connectivity index (χ1n) is 7.04. The van der Waals surface area contributed by atoms with Gasteiger partial charge >= 0.3 is 0 Å². The summed E-state index contributed by atoms with van der Waals surface area (Å²) in [4.78, 5) is 0. The molecule has 0 amide bonds. The van der Waals surface area contributed by atoms with E-state index in [-0.39, 0.29) is 0 Å². The fourth-order valence-electron chi connectivity index (χ4n) is 4.74. The molecule has 4 atom stereocenters. The highest BCUT2D eigenvalue weighted by Crippen LogP contribution is 2.56. The summed E-state index contributed by atoms with van der Waals surface area (Å²) < 4.78 is 0. The van der Waals surface area contributed by atoms with Crippen molar-refractivity contribution in [3.05, 3.63) is 24.3 Å². The summed E-state index contributed by atoms with van der Waals surface area (Å²) >= 11 is 0. The fourth-order valence-corrected chi connectivity index (χ4v) is 4.74. The van der Waals surface area contributed by atoms with Crippen molar-refractivity contribution in [3.8, 4) is 0 Å². The summed E-state index contributed by atoms with van der Waals surface area (Å²) in [5.74, 6) is 3.64. The largest absolute Gasteiger partial charge is 0.0808 e. The molecule has 0 radical (unpaired) electrons. The summed E-state index contributed by atoms with van der Waals surface area (Å²) in [6, 6.07) is 0. The zero-order chi connectivity index (χ0) is 11.2. The monoisotopic (exact) mass is 216 g/mol. The second kappa shape index (κ2) is 3.75. The van der Waals surface area contributed by atoms with Crippen molar-refractivity contribution < 1.29 is 0 Å². The molecule has 0 spiro atoms. The highest BCUT2D eigenvalue weighted by molar-refractivity contribution is 5.19. The Morgan fingerprint density at radius 1 is 1.00 bits per heavy atom. The lowest BCUT2D eigenvalue weighted by Gasteiger charge is -2.54. The Bertz CT molecular complexity index is 321. The van der Waals surface area contributed by atoms with Crippen molar-refractivity contribution in [1.29, 1.82) is 0 Å². The van der Waals surface area contributed by atoms with Gasteiger partial charge in [0.05, 0.1) is 0 Å². The van der Waals surface area contributed by atoms with Crippen LogP contribution in [0.3, 0.4) is 0 Å². The maximum atomic E-state index is 2.52. The van der Waals surface area contributed by atoms with Crippen LogP contribution < -0.4 is 0 Å². The number of hydrogen-bond acceptors (Lipinski definition) is 0. The minimum atomic E-state index is 0.523. The van der Waals surface area contributed by atoms with Crippen molar-refractivity contribution in [1.82, 2.24) is 0 Å². The molecule has 0 heterocycles. The first-order chi connectivity index (χ1) is 7.69. The molecule has 88 valence electrons. The van der Waals surface area contributed by atoms with Crippen LogP contribution in [0.4, 0.5) is 0 Å². The van der Waals surface area contributed by atoms with E-state index in [2.05, 4.69) is 38.2 Å². The van der Waals surface area contributed by atoms with E-state index < -0.39 is 0 Å². The van der Waals surface area contributed by atoms with Gasteiger partial charge in [-0.05, 0) is 41.9 Å². The molecule has 3 aliphatic rings. The van der Waals surface area contributed by atoms with E-state index in [1.807, 2.05) is 0 Å². The molecule has 3 aliphatic carbocycles. The molecule has 4 unspecified atom stereocenters. The second-order valence-electron chi connectivity index (χ2n) is 6.67. The van der Waals surface area contributed by atoms with Gasteiger partial charge < -0.3 is 0 Å². The van der Waals surface area contributed by atoms with E-state index in [4.69, 9.17) is 0 Å². The van der Waals surface area contributed by atoms with Gasteiger partial charge in [-0.25, -0.2) is 0 Å². The minimum absolute atomic E-state index is 0.523. The molecule has 0 aromatic carbocycles. The van der Waals surface area contributed by atoms with Crippen LogP contribution in [-0.4, -0.2) is 0 Å². The molecule has 0 aliphatic heterocycles. The Morgan fingerprint density at radius 2 is 1.75 bits per heavy atom. The van der Waals surface area contributed by atoms with E-state index in [0.29, 0.717) is 5.41 Å². The Kier molecular flexibility index (Phi) is 2.49. The van der Waals surface area contributed by atoms with Crippen LogP contribution in [0.15, 0.2) is 24.3 Å². The van der Waals surface area contributed by atoms with Gasteiger partial charge in [0.2, 0.25) is 0 Å². The molecule has 0 bridgehead atoms. The van der Waals surface area contributed by atoms with Gasteiger partial charge in [0.25, 0.3) is 0 Å². The molecule has 3 rings (SSSR count). The summed E-state index contributed by atoms with van der Waals surface area (Å²) in [7, 11) is 0. The first kappa shape index (κ1) is 10.6. The predicted octanol–water partition coefficient (Wildman–Crippen LogP) is 4.58. The molecular weight excluding hydrogens is 192 g/mol. The quantitative estimate of drug-likeness (QED) is 0.556. The van der Waals surface area contributed by atoms with Gasteiger partial charge in [-0.3, -0.25) is 0 Å². The standard InChI is InChI=1S/C16H24/c1-16(2)14-9-5-3-7-12(14)11-13-8-4-6-10-15(13)16/h3,5,7,9,12-15H,4,6,8,10-11H2,1-2H3. The van der Waals surface area contributed by atoms with Crippen molar-refractivity contribution in [2.45, 2.75) is 46.0 Å².